The summed E-state index contributed by atoms with van der Waals surface area (Å²) in [6.07, 6.45) is 2.19. The molecular formula is C18H15Cl2N3OS. The molecule has 0 aliphatic carbocycles. The SMILES string of the molecule is Cc1ccc(C[C@H]2S/C(=N/N=C\c3ccc(Cl)cc3Cl)NC2=O)cc1. The lowest BCUT2D eigenvalue weighted by Crippen LogP contribution is -2.25. The molecule has 1 N–H and O–H groups in total. The summed E-state index contributed by atoms with van der Waals surface area (Å²) in [7, 11) is 0. The van der Waals surface area contributed by atoms with Gasteiger partial charge in [0.1, 0.15) is 0 Å². The van der Waals surface area contributed by atoms with Crippen LogP contribution < -0.4 is 5.32 Å². The van der Waals surface area contributed by atoms with E-state index in [1.54, 1.807) is 18.2 Å². The predicted octanol–water partition coefficient (Wildman–Crippen LogP) is 4.47. The summed E-state index contributed by atoms with van der Waals surface area (Å²) in [5, 5.41) is 12.2. The molecule has 0 bridgehead atoms. The minimum Gasteiger partial charge on any atom is -0.303 e. The van der Waals surface area contributed by atoms with Gasteiger partial charge in [0.05, 0.1) is 16.5 Å². The maximum atomic E-state index is 12.1. The number of rotatable bonds is 4. The average molecular weight is 392 g/mol. The van der Waals surface area contributed by atoms with Gasteiger partial charge in [-0.1, -0.05) is 70.9 Å². The number of amidine groups is 1. The molecular weight excluding hydrogens is 377 g/mol. The van der Waals surface area contributed by atoms with Gasteiger partial charge < -0.3 is 5.32 Å². The minimum absolute atomic E-state index is 0.0518. The van der Waals surface area contributed by atoms with Crippen molar-refractivity contribution in [3.8, 4) is 0 Å². The fraction of sp³-hybridized carbons (Fsp3) is 0.167. The van der Waals surface area contributed by atoms with E-state index in [1.165, 1.54) is 23.5 Å². The number of halogens is 2. The standard InChI is InChI=1S/C18H15Cl2N3OS/c1-11-2-4-12(5-3-11)8-16-17(24)22-18(25-16)23-21-10-13-6-7-14(19)9-15(13)20/h2-7,9-10,16H,8H2,1H3,(H,22,23,24)/b21-10-/t16-/m1/s1. The molecule has 7 heteroatoms. The molecule has 0 spiro atoms. The monoisotopic (exact) mass is 391 g/mol. The van der Waals surface area contributed by atoms with Gasteiger partial charge in [0, 0.05) is 10.6 Å². The van der Waals surface area contributed by atoms with Crippen molar-refractivity contribution < 1.29 is 4.79 Å². The van der Waals surface area contributed by atoms with Crippen LogP contribution in [0.2, 0.25) is 10.0 Å². The molecule has 1 fully saturated rings. The molecule has 0 aromatic heterocycles. The van der Waals surface area contributed by atoms with Gasteiger partial charge in [-0.25, -0.2) is 0 Å². The summed E-state index contributed by atoms with van der Waals surface area (Å²) in [6, 6.07) is 13.3. The average Bonchev–Trinajstić information content (AvgIpc) is 2.91. The van der Waals surface area contributed by atoms with Gasteiger partial charge in [-0.2, -0.15) is 5.10 Å². The van der Waals surface area contributed by atoms with E-state index >= 15 is 0 Å². The van der Waals surface area contributed by atoms with Gasteiger partial charge in [-0.05, 0) is 31.0 Å². The molecule has 128 valence electrons. The van der Waals surface area contributed by atoms with Crippen LogP contribution in [0.5, 0.6) is 0 Å². The zero-order valence-electron chi connectivity index (χ0n) is 13.4. The lowest BCUT2D eigenvalue weighted by Gasteiger charge is -2.05. The molecule has 1 heterocycles. The van der Waals surface area contributed by atoms with Crippen molar-refractivity contribution in [1.29, 1.82) is 0 Å². The Morgan fingerprint density at radius 1 is 1.20 bits per heavy atom. The highest BCUT2D eigenvalue weighted by atomic mass is 35.5. The second-order valence-corrected chi connectivity index (χ2v) is 7.64. The van der Waals surface area contributed by atoms with Crippen molar-refractivity contribution in [2.24, 2.45) is 10.2 Å². The highest BCUT2D eigenvalue weighted by molar-refractivity contribution is 8.15. The van der Waals surface area contributed by atoms with Crippen LogP contribution in [0.1, 0.15) is 16.7 Å². The Bertz CT molecular complexity index is 850. The van der Waals surface area contributed by atoms with Gasteiger partial charge in [-0.3, -0.25) is 4.79 Å². The molecule has 0 radical (unpaired) electrons. The lowest BCUT2D eigenvalue weighted by atomic mass is 10.1. The maximum Gasteiger partial charge on any atom is 0.239 e. The molecule has 1 amide bonds. The molecule has 2 aromatic carbocycles. The highest BCUT2D eigenvalue weighted by Gasteiger charge is 2.30. The van der Waals surface area contributed by atoms with Gasteiger partial charge in [0.25, 0.3) is 0 Å². The Labute approximate surface area is 160 Å². The van der Waals surface area contributed by atoms with Crippen LogP contribution in [-0.4, -0.2) is 22.5 Å². The van der Waals surface area contributed by atoms with Gasteiger partial charge in [0.15, 0.2) is 5.17 Å². The smallest absolute Gasteiger partial charge is 0.239 e. The normalized spacial score (nSPS) is 18.9. The highest BCUT2D eigenvalue weighted by Crippen LogP contribution is 2.24. The molecule has 0 saturated carbocycles. The first-order valence-corrected chi connectivity index (χ1v) is 9.24. The Morgan fingerprint density at radius 3 is 2.68 bits per heavy atom. The molecule has 1 aliphatic rings. The topological polar surface area (TPSA) is 53.8 Å². The number of nitrogens with one attached hydrogen (secondary N) is 1. The fourth-order valence-electron chi connectivity index (χ4n) is 2.27. The third kappa shape index (κ3) is 4.84. The van der Waals surface area contributed by atoms with E-state index in [9.17, 15) is 4.79 Å². The van der Waals surface area contributed by atoms with E-state index in [2.05, 4.69) is 15.5 Å². The maximum absolute atomic E-state index is 12.1. The quantitative estimate of drug-likeness (QED) is 0.617. The Morgan fingerprint density at radius 2 is 1.96 bits per heavy atom. The number of thioether (sulfide) groups is 1. The number of hydrogen-bond donors (Lipinski definition) is 1. The molecule has 4 nitrogen and oxygen atoms in total. The van der Waals surface area contributed by atoms with Gasteiger partial charge in [-0.15, -0.1) is 5.10 Å². The largest absolute Gasteiger partial charge is 0.303 e. The third-order valence-electron chi connectivity index (χ3n) is 3.63. The van der Waals surface area contributed by atoms with Crippen molar-refractivity contribution >= 4 is 52.3 Å². The molecule has 25 heavy (non-hydrogen) atoms. The molecule has 3 rings (SSSR count). The minimum atomic E-state index is -0.198. The van der Waals surface area contributed by atoms with Crippen molar-refractivity contribution in [2.75, 3.05) is 0 Å². The summed E-state index contributed by atoms with van der Waals surface area (Å²) in [5.74, 6) is -0.0518. The zero-order valence-corrected chi connectivity index (χ0v) is 15.7. The van der Waals surface area contributed by atoms with Crippen LogP contribution in [0, 0.1) is 6.92 Å². The van der Waals surface area contributed by atoms with Crippen LogP contribution in [0.3, 0.4) is 0 Å². The fourth-order valence-corrected chi connectivity index (χ4v) is 3.70. The number of carbonyl (C=O) groups excluding carboxylic acids is 1. The Balaban J connectivity index is 1.64. The van der Waals surface area contributed by atoms with Crippen molar-refractivity contribution in [3.05, 3.63) is 69.2 Å². The number of carbonyl (C=O) groups is 1. The summed E-state index contributed by atoms with van der Waals surface area (Å²) < 4.78 is 0. The van der Waals surface area contributed by atoms with E-state index in [0.717, 1.165) is 5.56 Å². The first-order chi connectivity index (χ1) is 12.0. The number of amides is 1. The van der Waals surface area contributed by atoms with E-state index in [1.807, 2.05) is 31.2 Å². The van der Waals surface area contributed by atoms with Crippen molar-refractivity contribution in [3.63, 3.8) is 0 Å². The Hall–Kier alpha value is -1.82. The van der Waals surface area contributed by atoms with E-state index in [4.69, 9.17) is 23.2 Å². The van der Waals surface area contributed by atoms with Crippen LogP contribution >= 0.6 is 35.0 Å². The molecule has 1 atom stereocenters. The van der Waals surface area contributed by atoms with Crippen LogP contribution in [0.15, 0.2) is 52.7 Å². The number of nitrogens with zero attached hydrogens (tertiary/aromatic N) is 2. The first kappa shape index (κ1) is 18.0. The van der Waals surface area contributed by atoms with Crippen LogP contribution in [-0.2, 0) is 11.2 Å². The summed E-state index contributed by atoms with van der Waals surface area (Å²) >= 11 is 13.3. The number of aryl methyl sites for hydroxylation is 1. The predicted molar refractivity (Wildman–Crippen MR) is 106 cm³/mol. The van der Waals surface area contributed by atoms with Crippen LogP contribution in [0.25, 0.3) is 0 Å². The lowest BCUT2D eigenvalue weighted by molar-refractivity contribution is -0.118. The Kier molecular flexibility index (Phi) is 5.78. The zero-order chi connectivity index (χ0) is 17.8. The molecule has 0 unspecified atom stereocenters. The van der Waals surface area contributed by atoms with E-state index in [0.29, 0.717) is 27.2 Å². The summed E-state index contributed by atoms with van der Waals surface area (Å²) in [4.78, 5) is 12.1. The summed E-state index contributed by atoms with van der Waals surface area (Å²) in [5.41, 5.74) is 3.03. The third-order valence-corrected chi connectivity index (χ3v) is 5.26. The van der Waals surface area contributed by atoms with Crippen LogP contribution in [0.4, 0.5) is 0 Å². The summed E-state index contributed by atoms with van der Waals surface area (Å²) in [6.45, 7) is 2.04. The van der Waals surface area contributed by atoms with Crippen molar-refractivity contribution in [1.82, 2.24) is 5.32 Å². The molecule has 1 saturated heterocycles. The molecule has 2 aromatic rings. The number of hydrogen-bond acceptors (Lipinski definition) is 4. The second-order valence-electron chi connectivity index (χ2n) is 5.60. The van der Waals surface area contributed by atoms with Crippen molar-refractivity contribution in [2.45, 2.75) is 18.6 Å². The van der Waals surface area contributed by atoms with E-state index < -0.39 is 0 Å². The first-order valence-electron chi connectivity index (χ1n) is 7.60. The molecule has 1 aliphatic heterocycles. The van der Waals surface area contributed by atoms with E-state index in [-0.39, 0.29) is 11.2 Å². The van der Waals surface area contributed by atoms with Gasteiger partial charge in [0.2, 0.25) is 5.91 Å². The second kappa shape index (κ2) is 8.04. The number of benzene rings is 2. The van der Waals surface area contributed by atoms with Gasteiger partial charge >= 0.3 is 0 Å².